The van der Waals surface area contributed by atoms with E-state index in [1.807, 2.05) is 24.3 Å². The highest BCUT2D eigenvalue weighted by Gasteiger charge is 2.20. The standard InChI is InChI=1S/C15H12BrNO3/c16-10-4-6-11(7-5-10)17-15(18)12-2-1-3-13-14(12)20-9-8-19-13/h1-7H,8-9H2,(H,17,18). The number of halogens is 1. The second-order valence-corrected chi connectivity index (χ2v) is 5.21. The summed E-state index contributed by atoms with van der Waals surface area (Å²) in [6.07, 6.45) is 0. The molecule has 2 aromatic carbocycles. The summed E-state index contributed by atoms with van der Waals surface area (Å²) in [4.78, 5) is 12.3. The van der Waals surface area contributed by atoms with Crippen LogP contribution in [0.25, 0.3) is 0 Å². The Morgan fingerprint density at radius 1 is 1.05 bits per heavy atom. The molecule has 20 heavy (non-hydrogen) atoms. The topological polar surface area (TPSA) is 47.6 Å². The zero-order chi connectivity index (χ0) is 13.9. The van der Waals surface area contributed by atoms with Gasteiger partial charge in [0.15, 0.2) is 11.5 Å². The average Bonchev–Trinajstić information content (AvgIpc) is 2.49. The highest BCUT2D eigenvalue weighted by Crippen LogP contribution is 2.33. The van der Waals surface area contributed by atoms with E-state index in [0.29, 0.717) is 30.3 Å². The van der Waals surface area contributed by atoms with Gasteiger partial charge in [-0.2, -0.15) is 0 Å². The van der Waals surface area contributed by atoms with Gasteiger partial charge < -0.3 is 14.8 Å². The molecule has 0 aliphatic carbocycles. The van der Waals surface area contributed by atoms with E-state index in [2.05, 4.69) is 21.2 Å². The maximum absolute atomic E-state index is 12.3. The molecule has 0 spiro atoms. The molecule has 0 radical (unpaired) electrons. The molecule has 0 saturated carbocycles. The fourth-order valence-corrected chi connectivity index (χ4v) is 2.25. The molecular formula is C15H12BrNO3. The molecule has 1 amide bonds. The van der Waals surface area contributed by atoms with E-state index in [-0.39, 0.29) is 5.91 Å². The fraction of sp³-hybridized carbons (Fsp3) is 0.133. The van der Waals surface area contributed by atoms with Crippen molar-refractivity contribution in [3.63, 3.8) is 0 Å². The van der Waals surface area contributed by atoms with Gasteiger partial charge in [-0.25, -0.2) is 0 Å². The van der Waals surface area contributed by atoms with E-state index >= 15 is 0 Å². The molecule has 0 atom stereocenters. The lowest BCUT2D eigenvalue weighted by molar-refractivity contribution is 0.101. The van der Waals surface area contributed by atoms with Crippen molar-refractivity contribution in [3.8, 4) is 11.5 Å². The third kappa shape index (κ3) is 2.63. The number of rotatable bonds is 2. The second-order valence-electron chi connectivity index (χ2n) is 4.29. The van der Waals surface area contributed by atoms with Crippen LogP contribution in [0, 0.1) is 0 Å². The van der Waals surface area contributed by atoms with Gasteiger partial charge in [-0.1, -0.05) is 22.0 Å². The molecule has 0 saturated heterocycles. The van der Waals surface area contributed by atoms with Gasteiger partial charge >= 0.3 is 0 Å². The first-order valence-electron chi connectivity index (χ1n) is 6.19. The number of nitrogens with one attached hydrogen (secondary N) is 1. The summed E-state index contributed by atoms with van der Waals surface area (Å²) < 4.78 is 12.0. The normalized spacial score (nSPS) is 12.8. The largest absolute Gasteiger partial charge is 0.486 e. The third-order valence-electron chi connectivity index (χ3n) is 2.91. The molecular weight excluding hydrogens is 322 g/mol. The maximum atomic E-state index is 12.3. The van der Waals surface area contributed by atoms with Crippen LogP contribution in [0.15, 0.2) is 46.9 Å². The Balaban J connectivity index is 1.85. The Kier molecular flexibility index (Phi) is 3.60. The molecule has 1 aliphatic rings. The minimum absolute atomic E-state index is 0.213. The smallest absolute Gasteiger partial charge is 0.259 e. The highest BCUT2D eigenvalue weighted by molar-refractivity contribution is 9.10. The Bertz CT molecular complexity index is 640. The first kappa shape index (κ1) is 13.0. The Labute approximate surface area is 124 Å². The van der Waals surface area contributed by atoms with Crippen LogP contribution in [0.2, 0.25) is 0 Å². The van der Waals surface area contributed by atoms with E-state index in [1.165, 1.54) is 0 Å². The van der Waals surface area contributed by atoms with Crippen molar-refractivity contribution < 1.29 is 14.3 Å². The zero-order valence-corrected chi connectivity index (χ0v) is 12.1. The Morgan fingerprint density at radius 3 is 2.60 bits per heavy atom. The number of carbonyl (C=O) groups excluding carboxylic acids is 1. The summed E-state index contributed by atoms with van der Waals surface area (Å²) >= 11 is 3.36. The maximum Gasteiger partial charge on any atom is 0.259 e. The molecule has 0 unspecified atom stereocenters. The van der Waals surface area contributed by atoms with E-state index in [9.17, 15) is 4.79 Å². The molecule has 5 heteroatoms. The number of benzene rings is 2. The summed E-state index contributed by atoms with van der Waals surface area (Å²) in [7, 11) is 0. The van der Waals surface area contributed by atoms with Gasteiger partial charge in [-0.3, -0.25) is 4.79 Å². The predicted octanol–water partition coefficient (Wildman–Crippen LogP) is 3.47. The second kappa shape index (κ2) is 5.54. The zero-order valence-electron chi connectivity index (χ0n) is 10.6. The quantitative estimate of drug-likeness (QED) is 0.915. The van der Waals surface area contributed by atoms with Crippen LogP contribution in [-0.4, -0.2) is 19.1 Å². The highest BCUT2D eigenvalue weighted by atomic mass is 79.9. The molecule has 1 heterocycles. The van der Waals surface area contributed by atoms with Crippen LogP contribution in [0.5, 0.6) is 11.5 Å². The van der Waals surface area contributed by atoms with Gasteiger partial charge in [-0.15, -0.1) is 0 Å². The lowest BCUT2D eigenvalue weighted by atomic mass is 10.1. The molecule has 1 aliphatic heterocycles. The van der Waals surface area contributed by atoms with Crippen molar-refractivity contribution in [3.05, 3.63) is 52.5 Å². The third-order valence-corrected chi connectivity index (χ3v) is 3.44. The van der Waals surface area contributed by atoms with E-state index in [0.717, 1.165) is 10.2 Å². The lowest BCUT2D eigenvalue weighted by Crippen LogP contribution is -2.20. The summed E-state index contributed by atoms with van der Waals surface area (Å²) in [5, 5.41) is 2.84. The molecule has 102 valence electrons. The Morgan fingerprint density at radius 2 is 1.80 bits per heavy atom. The molecule has 0 bridgehead atoms. The summed E-state index contributed by atoms with van der Waals surface area (Å²) in [5.41, 5.74) is 1.21. The minimum atomic E-state index is -0.213. The number of fused-ring (bicyclic) bond motifs is 1. The van der Waals surface area contributed by atoms with Crippen LogP contribution in [0.3, 0.4) is 0 Å². The average molecular weight is 334 g/mol. The van der Waals surface area contributed by atoms with Gasteiger partial charge in [0.05, 0.1) is 5.56 Å². The predicted molar refractivity (Wildman–Crippen MR) is 79.5 cm³/mol. The number of amides is 1. The van der Waals surface area contributed by atoms with Gasteiger partial charge in [0.2, 0.25) is 0 Å². The van der Waals surface area contributed by atoms with Crippen molar-refractivity contribution in [2.45, 2.75) is 0 Å². The SMILES string of the molecule is O=C(Nc1ccc(Br)cc1)c1cccc2c1OCCO2. The number of hydrogen-bond acceptors (Lipinski definition) is 3. The first-order valence-corrected chi connectivity index (χ1v) is 6.99. The van der Waals surface area contributed by atoms with Crippen molar-refractivity contribution in [1.29, 1.82) is 0 Å². The summed E-state index contributed by atoms with van der Waals surface area (Å²) in [5.74, 6) is 0.905. The van der Waals surface area contributed by atoms with Gasteiger partial charge in [0.1, 0.15) is 13.2 Å². The number of para-hydroxylation sites is 1. The summed E-state index contributed by atoms with van der Waals surface area (Å²) in [6, 6.07) is 12.7. The van der Waals surface area contributed by atoms with Crippen molar-refractivity contribution in [1.82, 2.24) is 0 Å². The number of anilines is 1. The minimum Gasteiger partial charge on any atom is -0.486 e. The van der Waals surface area contributed by atoms with Gasteiger partial charge in [0.25, 0.3) is 5.91 Å². The van der Waals surface area contributed by atoms with Crippen LogP contribution < -0.4 is 14.8 Å². The van der Waals surface area contributed by atoms with Crippen LogP contribution in [0.1, 0.15) is 10.4 Å². The fourth-order valence-electron chi connectivity index (χ4n) is 1.98. The monoisotopic (exact) mass is 333 g/mol. The van der Waals surface area contributed by atoms with Crippen LogP contribution in [0.4, 0.5) is 5.69 Å². The first-order chi connectivity index (χ1) is 9.74. The molecule has 3 rings (SSSR count). The van der Waals surface area contributed by atoms with E-state index in [4.69, 9.17) is 9.47 Å². The van der Waals surface area contributed by atoms with Crippen molar-refractivity contribution in [2.24, 2.45) is 0 Å². The van der Waals surface area contributed by atoms with Crippen LogP contribution in [-0.2, 0) is 0 Å². The Hall–Kier alpha value is -2.01. The molecule has 1 N–H and O–H groups in total. The van der Waals surface area contributed by atoms with Crippen molar-refractivity contribution >= 4 is 27.5 Å². The van der Waals surface area contributed by atoms with Crippen molar-refractivity contribution in [2.75, 3.05) is 18.5 Å². The summed E-state index contributed by atoms with van der Waals surface area (Å²) in [6.45, 7) is 0.959. The number of carbonyl (C=O) groups is 1. The molecule has 2 aromatic rings. The van der Waals surface area contributed by atoms with Gasteiger partial charge in [-0.05, 0) is 36.4 Å². The lowest BCUT2D eigenvalue weighted by Gasteiger charge is -2.20. The number of ether oxygens (including phenoxy) is 2. The van der Waals surface area contributed by atoms with E-state index < -0.39 is 0 Å². The van der Waals surface area contributed by atoms with Crippen LogP contribution >= 0.6 is 15.9 Å². The molecule has 4 nitrogen and oxygen atoms in total. The van der Waals surface area contributed by atoms with E-state index in [1.54, 1.807) is 18.2 Å². The van der Waals surface area contributed by atoms with Gasteiger partial charge in [0, 0.05) is 10.2 Å². The molecule has 0 fully saturated rings. The molecule has 0 aromatic heterocycles. The number of hydrogen-bond donors (Lipinski definition) is 1.